The number of benzene rings is 9. The van der Waals surface area contributed by atoms with Gasteiger partial charge in [-0.15, -0.1) is 11.3 Å². The lowest BCUT2D eigenvalue weighted by Crippen LogP contribution is -2.11. The van der Waals surface area contributed by atoms with E-state index in [4.69, 9.17) is 0 Å². The molecule has 57 heavy (non-hydrogen) atoms. The van der Waals surface area contributed by atoms with Crippen molar-refractivity contribution in [2.45, 2.75) is 0 Å². The molecule has 0 bridgehead atoms. The normalized spacial score (nSPS) is 11.5. The van der Waals surface area contributed by atoms with Gasteiger partial charge in [-0.1, -0.05) is 164 Å². The summed E-state index contributed by atoms with van der Waals surface area (Å²) in [6.45, 7) is 0. The van der Waals surface area contributed by atoms with Crippen molar-refractivity contribution >= 4 is 70.4 Å². The Balaban J connectivity index is 1.13. The number of rotatable bonds is 7. The Hall–Kier alpha value is -7.20. The van der Waals surface area contributed by atoms with E-state index in [-0.39, 0.29) is 0 Å². The number of hydrogen-bond acceptors (Lipinski definition) is 2. The van der Waals surface area contributed by atoms with Gasteiger partial charge in [-0.05, 0) is 82.4 Å². The highest BCUT2D eigenvalue weighted by atomic mass is 32.1. The highest BCUT2D eigenvalue weighted by Gasteiger charge is 2.23. The Morgan fingerprint density at radius 3 is 1.53 bits per heavy atom. The lowest BCUT2D eigenvalue weighted by Gasteiger charge is -2.29. The summed E-state index contributed by atoms with van der Waals surface area (Å²) < 4.78 is 4.94. The molecule has 0 saturated heterocycles. The third kappa shape index (κ3) is 5.55. The molecule has 0 unspecified atom stereocenters. The third-order valence-electron chi connectivity index (χ3n) is 11.2. The first-order valence-corrected chi connectivity index (χ1v) is 20.3. The second kappa shape index (κ2) is 13.8. The fourth-order valence-corrected chi connectivity index (χ4v) is 9.91. The van der Waals surface area contributed by atoms with Crippen LogP contribution in [0.15, 0.2) is 218 Å². The number of fused-ring (bicyclic) bond motifs is 6. The molecule has 0 saturated carbocycles. The first-order valence-electron chi connectivity index (χ1n) is 19.4. The van der Waals surface area contributed by atoms with Crippen molar-refractivity contribution in [1.82, 2.24) is 4.57 Å². The van der Waals surface area contributed by atoms with E-state index in [2.05, 4.69) is 228 Å². The summed E-state index contributed by atoms with van der Waals surface area (Å²) in [5, 5.41) is 5.08. The number of aromatic nitrogens is 1. The van der Waals surface area contributed by atoms with Gasteiger partial charge in [0.15, 0.2) is 0 Å². The van der Waals surface area contributed by atoms with E-state index in [9.17, 15) is 0 Å². The van der Waals surface area contributed by atoms with Crippen LogP contribution in [0.1, 0.15) is 0 Å². The summed E-state index contributed by atoms with van der Waals surface area (Å²) >= 11 is 1.87. The highest BCUT2D eigenvalue weighted by molar-refractivity contribution is 7.26. The van der Waals surface area contributed by atoms with Gasteiger partial charge in [-0.25, -0.2) is 0 Å². The minimum Gasteiger partial charge on any atom is -0.309 e. The maximum atomic E-state index is 2.47. The molecule has 11 rings (SSSR count). The van der Waals surface area contributed by atoms with Crippen LogP contribution in [-0.4, -0.2) is 4.57 Å². The molecule has 0 atom stereocenters. The molecule has 2 aromatic heterocycles. The molecule has 0 aliphatic heterocycles. The Morgan fingerprint density at radius 2 is 0.825 bits per heavy atom. The summed E-state index contributed by atoms with van der Waals surface area (Å²) in [4.78, 5) is 2.47. The standard InChI is InChI=1S/C54H36N2S/c1-2-17-37(18-3-1)40-19-4-5-20-41(40)42-21-6-7-22-43(42)44-23-8-12-28-49(44)56(52-31-16-27-48-47-26-11-15-32-53(47)57-54(48)52)39-35-33-38(34-36-39)55-50-29-13-9-24-45(50)46-25-10-14-30-51(46)55/h1-36H. The predicted octanol–water partition coefficient (Wildman–Crippen LogP) is 15.6. The number of thiophene rings is 1. The number of hydrogen-bond donors (Lipinski definition) is 0. The van der Waals surface area contributed by atoms with Crippen LogP contribution in [0, 0.1) is 0 Å². The summed E-state index contributed by atoms with van der Waals surface area (Å²) in [7, 11) is 0. The van der Waals surface area contributed by atoms with Gasteiger partial charge in [-0.3, -0.25) is 0 Å². The predicted molar refractivity (Wildman–Crippen MR) is 245 cm³/mol. The van der Waals surface area contributed by atoms with Gasteiger partial charge in [0.2, 0.25) is 0 Å². The molecule has 0 radical (unpaired) electrons. The van der Waals surface area contributed by atoms with Crippen molar-refractivity contribution in [1.29, 1.82) is 0 Å². The number of anilines is 3. The van der Waals surface area contributed by atoms with Gasteiger partial charge in [0.1, 0.15) is 0 Å². The molecule has 11 aromatic rings. The summed E-state index contributed by atoms with van der Waals surface area (Å²) in [5.41, 5.74) is 14.1. The highest BCUT2D eigenvalue weighted by Crippen LogP contribution is 2.49. The van der Waals surface area contributed by atoms with Crippen LogP contribution in [0.2, 0.25) is 0 Å². The van der Waals surface area contributed by atoms with Crippen molar-refractivity contribution in [3.8, 4) is 39.1 Å². The maximum absolute atomic E-state index is 2.47. The van der Waals surface area contributed by atoms with Gasteiger partial charge in [-0.2, -0.15) is 0 Å². The lowest BCUT2D eigenvalue weighted by molar-refractivity contribution is 1.17. The fourth-order valence-electron chi connectivity index (χ4n) is 8.70. The van der Waals surface area contributed by atoms with Gasteiger partial charge >= 0.3 is 0 Å². The van der Waals surface area contributed by atoms with E-state index in [1.54, 1.807) is 0 Å². The molecule has 0 amide bonds. The van der Waals surface area contributed by atoms with Crippen LogP contribution in [-0.2, 0) is 0 Å². The summed E-state index contributed by atoms with van der Waals surface area (Å²) in [5.74, 6) is 0. The van der Waals surface area contributed by atoms with Crippen LogP contribution >= 0.6 is 11.3 Å². The van der Waals surface area contributed by atoms with Crippen molar-refractivity contribution in [2.24, 2.45) is 0 Å². The van der Waals surface area contributed by atoms with E-state index in [1.165, 1.54) is 75.4 Å². The van der Waals surface area contributed by atoms with Crippen LogP contribution in [0.5, 0.6) is 0 Å². The molecular formula is C54H36N2S. The molecule has 0 spiro atoms. The average Bonchev–Trinajstić information content (AvgIpc) is 3.84. The van der Waals surface area contributed by atoms with Gasteiger partial charge < -0.3 is 9.47 Å². The summed E-state index contributed by atoms with van der Waals surface area (Å²) in [6.07, 6.45) is 0. The first-order chi connectivity index (χ1) is 28.3. The van der Waals surface area contributed by atoms with Crippen molar-refractivity contribution in [3.05, 3.63) is 218 Å². The van der Waals surface area contributed by atoms with E-state index in [0.29, 0.717) is 0 Å². The Labute approximate surface area is 335 Å². The van der Waals surface area contributed by atoms with E-state index in [1.807, 2.05) is 11.3 Å². The molecule has 9 aromatic carbocycles. The Morgan fingerprint density at radius 1 is 0.333 bits per heavy atom. The molecule has 2 nitrogen and oxygen atoms in total. The molecule has 3 heteroatoms. The zero-order valence-corrected chi connectivity index (χ0v) is 31.9. The number of para-hydroxylation sites is 3. The van der Waals surface area contributed by atoms with Gasteiger partial charge in [0, 0.05) is 43.2 Å². The fraction of sp³-hybridized carbons (Fsp3) is 0. The summed E-state index contributed by atoms with van der Waals surface area (Å²) in [6, 6.07) is 79.4. The molecular weight excluding hydrogens is 709 g/mol. The zero-order valence-electron chi connectivity index (χ0n) is 31.1. The number of nitrogens with zero attached hydrogens (tertiary/aromatic N) is 2. The third-order valence-corrected chi connectivity index (χ3v) is 12.4. The molecule has 2 heterocycles. The second-order valence-corrected chi connectivity index (χ2v) is 15.5. The SMILES string of the molecule is c1ccc(-c2ccccc2-c2ccccc2-c2ccccc2N(c2ccc(-n3c4ccccc4c4ccccc43)cc2)c2cccc3c2sc2ccccc23)cc1. The largest absolute Gasteiger partial charge is 0.309 e. The van der Waals surface area contributed by atoms with Crippen LogP contribution in [0.4, 0.5) is 17.1 Å². The Bertz CT molecular complexity index is 3190. The van der Waals surface area contributed by atoms with Crippen molar-refractivity contribution in [3.63, 3.8) is 0 Å². The minimum absolute atomic E-state index is 1.10. The van der Waals surface area contributed by atoms with Crippen LogP contribution in [0.3, 0.4) is 0 Å². The smallest absolute Gasteiger partial charge is 0.0640 e. The molecule has 0 aliphatic rings. The van der Waals surface area contributed by atoms with Gasteiger partial charge in [0.25, 0.3) is 0 Å². The van der Waals surface area contributed by atoms with Crippen molar-refractivity contribution in [2.75, 3.05) is 4.90 Å². The van der Waals surface area contributed by atoms with Crippen LogP contribution in [0.25, 0.3) is 81.0 Å². The maximum Gasteiger partial charge on any atom is 0.0640 e. The van der Waals surface area contributed by atoms with Gasteiger partial charge in [0.05, 0.1) is 27.1 Å². The lowest BCUT2D eigenvalue weighted by atomic mass is 9.88. The van der Waals surface area contributed by atoms with Crippen LogP contribution < -0.4 is 4.90 Å². The van der Waals surface area contributed by atoms with Crippen molar-refractivity contribution < 1.29 is 0 Å². The van der Waals surface area contributed by atoms with E-state index >= 15 is 0 Å². The monoisotopic (exact) mass is 744 g/mol. The van der Waals surface area contributed by atoms with E-state index < -0.39 is 0 Å². The molecule has 268 valence electrons. The molecule has 0 aliphatic carbocycles. The molecule has 0 fully saturated rings. The Kier molecular flexibility index (Phi) is 8.04. The quantitative estimate of drug-likeness (QED) is 0.158. The molecule has 0 N–H and O–H groups in total. The average molecular weight is 745 g/mol. The topological polar surface area (TPSA) is 8.17 Å². The zero-order chi connectivity index (χ0) is 37.7. The minimum atomic E-state index is 1.10. The second-order valence-electron chi connectivity index (χ2n) is 14.4. The van der Waals surface area contributed by atoms with E-state index in [0.717, 1.165) is 22.7 Å². The first kappa shape index (κ1) is 33.2.